The van der Waals surface area contributed by atoms with Crippen LogP contribution in [-0.2, 0) is 4.79 Å². The summed E-state index contributed by atoms with van der Waals surface area (Å²) in [6, 6.07) is 0. The largest absolute Gasteiger partial charge is 0.343 e. The van der Waals surface area contributed by atoms with Crippen molar-refractivity contribution in [2.45, 2.75) is 135 Å². The maximum atomic E-state index is 11.9. The molecule has 0 aromatic rings. The molecule has 1 rings (SSSR count). The monoisotopic (exact) mass is 417 g/mol. The minimum Gasteiger partial charge on any atom is -0.343 e. The van der Waals surface area contributed by atoms with E-state index in [1.54, 1.807) is 0 Å². The van der Waals surface area contributed by atoms with Crippen LogP contribution in [0, 0.1) is 0 Å². The number of likely N-dealkylation sites (tertiary alicyclic amines) is 1. The van der Waals surface area contributed by atoms with Gasteiger partial charge in [-0.3, -0.25) is 4.79 Å². The summed E-state index contributed by atoms with van der Waals surface area (Å²) < 4.78 is 0. The molecule has 0 bridgehead atoms. The zero-order valence-electron chi connectivity index (χ0n) is 20.2. The minimum atomic E-state index is 0.363. The van der Waals surface area contributed by atoms with Gasteiger partial charge < -0.3 is 4.90 Å². The molecule has 0 unspecified atom stereocenters. The van der Waals surface area contributed by atoms with E-state index in [2.05, 4.69) is 31.2 Å². The van der Waals surface area contributed by atoms with Crippen LogP contribution in [0.2, 0.25) is 0 Å². The van der Waals surface area contributed by atoms with Crippen LogP contribution in [0.3, 0.4) is 0 Å². The predicted octanol–water partition coefficient (Wildman–Crippen LogP) is 8.76. The van der Waals surface area contributed by atoms with Crippen molar-refractivity contribution in [1.82, 2.24) is 4.90 Å². The Balaban J connectivity index is 1.75. The molecule has 30 heavy (non-hydrogen) atoms. The van der Waals surface area contributed by atoms with E-state index in [-0.39, 0.29) is 0 Å². The summed E-state index contributed by atoms with van der Waals surface area (Å²) in [6.45, 7) is 4.26. The fourth-order valence-electron chi connectivity index (χ4n) is 4.26. The third-order valence-corrected chi connectivity index (χ3v) is 6.28. The van der Waals surface area contributed by atoms with Crippen molar-refractivity contribution in [3.63, 3.8) is 0 Å². The lowest BCUT2D eigenvalue weighted by atomic mass is 10.0. The van der Waals surface area contributed by atoms with E-state index >= 15 is 0 Å². The number of hydrogen-bond donors (Lipinski definition) is 0. The number of hydrogen-bond acceptors (Lipinski definition) is 1. The van der Waals surface area contributed by atoms with E-state index in [1.807, 2.05) is 4.90 Å². The molecule has 0 radical (unpaired) electrons. The number of rotatable bonds is 20. The van der Waals surface area contributed by atoms with E-state index in [9.17, 15) is 4.79 Å². The number of allylic oxidation sites excluding steroid dienone is 4. The fourth-order valence-corrected chi connectivity index (χ4v) is 4.26. The van der Waals surface area contributed by atoms with E-state index in [0.717, 1.165) is 45.2 Å². The lowest BCUT2D eigenvalue weighted by molar-refractivity contribution is -0.130. The molecule has 1 aliphatic heterocycles. The third-order valence-electron chi connectivity index (χ3n) is 6.28. The van der Waals surface area contributed by atoms with Crippen LogP contribution in [-0.4, -0.2) is 23.9 Å². The molecular weight excluding hydrogens is 366 g/mol. The van der Waals surface area contributed by atoms with Crippen LogP contribution in [0.1, 0.15) is 135 Å². The first-order valence-electron chi connectivity index (χ1n) is 13.4. The Morgan fingerprint density at radius 3 is 1.57 bits per heavy atom. The van der Waals surface area contributed by atoms with Crippen LogP contribution in [0.4, 0.5) is 0 Å². The molecule has 174 valence electrons. The molecular formula is C28H51NO. The molecule has 0 aliphatic carbocycles. The van der Waals surface area contributed by atoms with E-state index in [4.69, 9.17) is 0 Å². The van der Waals surface area contributed by atoms with Crippen LogP contribution < -0.4 is 0 Å². The van der Waals surface area contributed by atoms with Gasteiger partial charge in [0.25, 0.3) is 0 Å². The Morgan fingerprint density at radius 2 is 1.03 bits per heavy atom. The summed E-state index contributed by atoms with van der Waals surface area (Å²) in [5.41, 5.74) is 0. The van der Waals surface area contributed by atoms with Crippen molar-refractivity contribution >= 4 is 5.91 Å². The van der Waals surface area contributed by atoms with Gasteiger partial charge in [0.15, 0.2) is 0 Å². The molecule has 1 amide bonds. The molecule has 1 fully saturated rings. The average Bonchev–Trinajstić information content (AvgIpc) is 3.30. The van der Waals surface area contributed by atoms with Gasteiger partial charge in [-0.1, -0.05) is 102 Å². The van der Waals surface area contributed by atoms with Gasteiger partial charge in [-0.15, -0.1) is 0 Å². The SMILES string of the molecule is CCCCCCCCCCCCCC/C=C\CC/C=C\CCCC(=O)N1CCCC1. The smallest absolute Gasteiger partial charge is 0.222 e. The quantitative estimate of drug-likeness (QED) is 0.143. The first-order valence-corrected chi connectivity index (χ1v) is 13.4. The van der Waals surface area contributed by atoms with Gasteiger partial charge in [-0.2, -0.15) is 0 Å². The summed E-state index contributed by atoms with van der Waals surface area (Å²) in [6.07, 6.45) is 35.1. The van der Waals surface area contributed by atoms with Crippen molar-refractivity contribution in [2.75, 3.05) is 13.1 Å². The van der Waals surface area contributed by atoms with Gasteiger partial charge in [0.2, 0.25) is 5.91 Å². The number of unbranched alkanes of at least 4 members (excludes halogenated alkanes) is 14. The van der Waals surface area contributed by atoms with Crippen molar-refractivity contribution in [1.29, 1.82) is 0 Å². The second-order valence-corrected chi connectivity index (χ2v) is 9.18. The number of carbonyl (C=O) groups excluding carboxylic acids is 1. The van der Waals surface area contributed by atoms with Crippen LogP contribution in [0.25, 0.3) is 0 Å². The number of carbonyl (C=O) groups is 1. The molecule has 1 heterocycles. The van der Waals surface area contributed by atoms with Gasteiger partial charge in [0, 0.05) is 19.5 Å². The van der Waals surface area contributed by atoms with Crippen molar-refractivity contribution in [3.05, 3.63) is 24.3 Å². The highest BCUT2D eigenvalue weighted by Crippen LogP contribution is 2.13. The molecule has 0 aromatic heterocycles. The molecule has 0 spiro atoms. The normalized spacial score (nSPS) is 14.5. The molecule has 1 aliphatic rings. The van der Waals surface area contributed by atoms with E-state index in [1.165, 1.54) is 96.3 Å². The number of amides is 1. The fraction of sp³-hybridized carbons (Fsp3) is 0.821. The van der Waals surface area contributed by atoms with Crippen molar-refractivity contribution < 1.29 is 4.79 Å². The Labute approximate surface area is 188 Å². The Hall–Kier alpha value is -1.05. The maximum absolute atomic E-state index is 11.9. The second-order valence-electron chi connectivity index (χ2n) is 9.18. The van der Waals surface area contributed by atoms with Gasteiger partial charge >= 0.3 is 0 Å². The first kappa shape index (κ1) is 27.0. The number of nitrogens with zero attached hydrogens (tertiary/aromatic N) is 1. The summed E-state index contributed by atoms with van der Waals surface area (Å²) >= 11 is 0. The lowest BCUT2D eigenvalue weighted by Crippen LogP contribution is -2.27. The zero-order valence-corrected chi connectivity index (χ0v) is 20.2. The van der Waals surface area contributed by atoms with E-state index in [0.29, 0.717) is 5.91 Å². The van der Waals surface area contributed by atoms with Gasteiger partial charge in [0.05, 0.1) is 0 Å². The van der Waals surface area contributed by atoms with Crippen LogP contribution in [0.15, 0.2) is 24.3 Å². The summed E-state index contributed by atoms with van der Waals surface area (Å²) in [5, 5.41) is 0. The Kier molecular flexibility index (Phi) is 19.1. The highest BCUT2D eigenvalue weighted by molar-refractivity contribution is 5.76. The molecule has 1 saturated heterocycles. The van der Waals surface area contributed by atoms with Crippen molar-refractivity contribution in [2.24, 2.45) is 0 Å². The molecule has 0 atom stereocenters. The highest BCUT2D eigenvalue weighted by atomic mass is 16.2. The Bertz CT molecular complexity index is 434. The summed E-state index contributed by atoms with van der Waals surface area (Å²) in [7, 11) is 0. The van der Waals surface area contributed by atoms with Gasteiger partial charge in [0.1, 0.15) is 0 Å². The van der Waals surface area contributed by atoms with Crippen LogP contribution in [0.5, 0.6) is 0 Å². The molecule has 0 aromatic carbocycles. The minimum absolute atomic E-state index is 0.363. The van der Waals surface area contributed by atoms with E-state index < -0.39 is 0 Å². The molecule has 2 nitrogen and oxygen atoms in total. The van der Waals surface area contributed by atoms with Crippen LogP contribution >= 0.6 is 0 Å². The molecule has 0 saturated carbocycles. The van der Waals surface area contributed by atoms with Gasteiger partial charge in [-0.25, -0.2) is 0 Å². The molecule has 0 N–H and O–H groups in total. The predicted molar refractivity (Wildman–Crippen MR) is 133 cm³/mol. The third kappa shape index (κ3) is 16.7. The topological polar surface area (TPSA) is 20.3 Å². The first-order chi connectivity index (χ1) is 14.8. The average molecular weight is 418 g/mol. The van der Waals surface area contributed by atoms with Gasteiger partial charge in [-0.05, 0) is 51.4 Å². The zero-order chi connectivity index (χ0) is 21.5. The standard InChI is InChI=1S/C28H51NO/c1-2-3-4-5-6-7-8-9-10-11-12-13-14-15-16-17-18-19-20-21-22-25-28(30)29-26-23-24-27-29/h15-16,19-20H,2-14,17-18,21-27H2,1H3/b16-15-,20-19-. The summed E-state index contributed by atoms with van der Waals surface area (Å²) in [5.74, 6) is 0.363. The summed E-state index contributed by atoms with van der Waals surface area (Å²) in [4.78, 5) is 14.0. The molecule has 2 heteroatoms. The highest BCUT2D eigenvalue weighted by Gasteiger charge is 2.16. The van der Waals surface area contributed by atoms with Crippen molar-refractivity contribution in [3.8, 4) is 0 Å². The maximum Gasteiger partial charge on any atom is 0.222 e. The lowest BCUT2D eigenvalue weighted by Gasteiger charge is -2.14. The second kappa shape index (κ2) is 21.2. The Morgan fingerprint density at radius 1 is 0.600 bits per heavy atom.